The van der Waals surface area contributed by atoms with Gasteiger partial charge in [0.2, 0.25) is 0 Å². The SMILES string of the molecule is C[C@H](Np1oc2c([Si](c3ccccc3)(c3ccccc3)c3ccccc3)cc3ccccc3c2c2c(o1)c([Si](c1ccccc1)(c1ccccc1)c1ccccc1)cc1ccccc12)c1ccccc1. The molecule has 12 aromatic rings. The van der Waals surface area contributed by atoms with E-state index in [1.54, 1.807) is 0 Å². The molecule has 0 spiro atoms. The van der Waals surface area contributed by atoms with Gasteiger partial charge in [0.15, 0.2) is 16.1 Å². The molecule has 0 aliphatic heterocycles. The van der Waals surface area contributed by atoms with Gasteiger partial charge in [0, 0.05) is 16.8 Å². The Morgan fingerprint density at radius 1 is 0.343 bits per heavy atom. The average molecular weight is 952 g/mol. The van der Waals surface area contributed by atoms with E-state index in [0.717, 1.165) is 49.0 Å². The second kappa shape index (κ2) is 18.6. The first-order chi connectivity index (χ1) is 34.7. The Hall–Kier alpha value is -7.77. The van der Waals surface area contributed by atoms with Crippen molar-refractivity contribution in [2.75, 3.05) is 5.09 Å². The van der Waals surface area contributed by atoms with E-state index >= 15 is 0 Å². The molecule has 1 heterocycles. The van der Waals surface area contributed by atoms with Crippen LogP contribution in [-0.2, 0) is 0 Å². The Labute approximate surface area is 412 Å². The summed E-state index contributed by atoms with van der Waals surface area (Å²) in [5, 5.41) is 20.6. The van der Waals surface area contributed by atoms with Crippen LogP contribution >= 0.6 is 8.16 Å². The van der Waals surface area contributed by atoms with Gasteiger partial charge in [0.05, 0.1) is 0 Å². The van der Waals surface area contributed by atoms with Gasteiger partial charge in [-0.3, -0.25) is 0 Å². The fourth-order valence-electron chi connectivity index (χ4n) is 11.2. The van der Waals surface area contributed by atoms with Crippen molar-refractivity contribution in [3.05, 3.63) is 279 Å². The fraction of sp³-hybridized carbons (Fsp3) is 0.0312. The molecule has 0 radical (unpaired) electrons. The van der Waals surface area contributed by atoms with Crippen molar-refractivity contribution in [1.82, 2.24) is 0 Å². The van der Waals surface area contributed by atoms with Crippen LogP contribution in [0, 0.1) is 0 Å². The lowest BCUT2D eigenvalue weighted by atomic mass is 9.98. The summed E-state index contributed by atoms with van der Waals surface area (Å²) in [5.41, 5.74) is 2.86. The maximum atomic E-state index is 7.96. The van der Waals surface area contributed by atoms with Crippen LogP contribution in [0.3, 0.4) is 0 Å². The van der Waals surface area contributed by atoms with Crippen LogP contribution in [0.15, 0.2) is 281 Å². The van der Waals surface area contributed by atoms with Crippen molar-refractivity contribution in [2.24, 2.45) is 0 Å². The highest BCUT2D eigenvalue weighted by molar-refractivity contribution is 7.38. The molecule has 70 heavy (non-hydrogen) atoms. The highest BCUT2D eigenvalue weighted by Gasteiger charge is 2.46. The third-order valence-electron chi connectivity index (χ3n) is 14.2. The molecule has 0 fully saturated rings. The number of nitrogens with one attached hydrogen (secondary N) is 1. The highest BCUT2D eigenvalue weighted by atomic mass is 31.1. The summed E-state index contributed by atoms with van der Waals surface area (Å²) in [6.45, 7) is 2.22. The summed E-state index contributed by atoms with van der Waals surface area (Å²) in [6, 6.07) is 100. The number of rotatable bonds is 11. The minimum absolute atomic E-state index is 0.108. The Morgan fingerprint density at radius 3 is 0.929 bits per heavy atom. The molecule has 12 rings (SSSR count). The number of hydrogen-bond acceptors (Lipinski definition) is 3. The summed E-state index contributed by atoms with van der Waals surface area (Å²) in [7, 11) is -8.37. The first-order valence-corrected chi connectivity index (χ1v) is 29.3. The highest BCUT2D eigenvalue weighted by Crippen LogP contribution is 2.42. The van der Waals surface area contributed by atoms with Crippen molar-refractivity contribution < 1.29 is 8.39 Å². The Morgan fingerprint density at radius 2 is 0.614 bits per heavy atom. The molecular weight excluding hydrogens is 902 g/mol. The van der Waals surface area contributed by atoms with E-state index in [9.17, 15) is 0 Å². The van der Waals surface area contributed by atoms with Crippen molar-refractivity contribution in [2.45, 2.75) is 13.0 Å². The van der Waals surface area contributed by atoms with Crippen LogP contribution < -0.4 is 46.6 Å². The number of benzene rings is 11. The van der Waals surface area contributed by atoms with Crippen LogP contribution in [0.1, 0.15) is 18.5 Å². The lowest BCUT2D eigenvalue weighted by molar-refractivity contribution is 0.639. The zero-order valence-electron chi connectivity index (χ0n) is 38.8. The molecule has 0 aliphatic rings. The molecule has 336 valence electrons. The van der Waals surface area contributed by atoms with Gasteiger partial charge in [-0.05, 0) is 75.5 Å². The van der Waals surface area contributed by atoms with E-state index < -0.39 is 24.3 Å². The lowest BCUT2D eigenvalue weighted by Crippen LogP contribution is -2.75. The molecule has 0 amide bonds. The predicted molar refractivity (Wildman–Crippen MR) is 303 cm³/mol. The number of fused-ring (bicyclic) bond motifs is 7. The lowest BCUT2D eigenvalue weighted by Gasteiger charge is -2.35. The third kappa shape index (κ3) is 7.29. The molecule has 0 bridgehead atoms. The largest absolute Gasteiger partial charge is 0.408 e. The second-order valence-corrected chi connectivity index (χ2v) is 26.8. The topological polar surface area (TPSA) is 38.3 Å². The summed E-state index contributed by atoms with van der Waals surface area (Å²) in [6.07, 6.45) is 0. The zero-order chi connectivity index (χ0) is 46.9. The van der Waals surface area contributed by atoms with Gasteiger partial charge in [0.25, 0.3) is 0 Å². The first kappa shape index (κ1) is 43.5. The van der Waals surface area contributed by atoms with Crippen LogP contribution in [0.2, 0.25) is 0 Å². The molecule has 0 saturated heterocycles. The average Bonchev–Trinajstić information content (AvgIpc) is 3.61. The standard InChI is InChI=1S/C64H50NO2PSi2/c1-47(48-27-9-2-10-28-48)65-68-66-63-59(69(51-31-11-3-12-32-51,52-33-13-4-14-34-52)53-35-15-5-16-36-53)45-49-29-23-25-43-57(49)61(63)62-58-44-26-24-30-50(58)46-60(64(62)67-68)70(54-37-17-6-18-38-54,55-39-19-7-20-40-55)56-41-21-8-22-42-56/h2-47,65H,1H3/t47-/m0/s1. The van der Waals surface area contributed by atoms with E-state index in [1.165, 1.54) is 41.5 Å². The Balaban J connectivity index is 1.37. The van der Waals surface area contributed by atoms with Crippen LogP contribution in [0.25, 0.3) is 43.5 Å². The minimum Gasteiger partial charge on any atom is -0.408 e. The summed E-state index contributed by atoms with van der Waals surface area (Å²) >= 11 is 0. The molecule has 1 atom stereocenters. The van der Waals surface area contributed by atoms with Crippen LogP contribution in [-0.4, -0.2) is 16.1 Å². The van der Waals surface area contributed by atoms with E-state index in [1.807, 2.05) is 0 Å². The normalized spacial score (nSPS) is 12.4. The molecule has 1 aromatic heterocycles. The Bertz CT molecular complexity index is 3380. The van der Waals surface area contributed by atoms with Gasteiger partial charge in [-0.15, -0.1) is 0 Å². The van der Waals surface area contributed by atoms with Crippen LogP contribution in [0.5, 0.6) is 0 Å². The quantitative estimate of drug-likeness (QED) is 0.104. The minimum atomic E-state index is -3.24. The maximum Gasteiger partial charge on any atom is 0.307 e. The van der Waals surface area contributed by atoms with Crippen molar-refractivity contribution >= 4 is 109 Å². The van der Waals surface area contributed by atoms with E-state index in [4.69, 9.17) is 8.39 Å². The zero-order valence-corrected chi connectivity index (χ0v) is 41.7. The third-order valence-corrected chi connectivity index (χ3v) is 25.1. The predicted octanol–water partition coefficient (Wildman–Crippen LogP) is 11.7. The molecule has 0 aliphatic carbocycles. The second-order valence-electron chi connectivity index (χ2n) is 18.1. The van der Waals surface area contributed by atoms with E-state index in [-0.39, 0.29) is 6.04 Å². The van der Waals surface area contributed by atoms with Crippen molar-refractivity contribution in [3.8, 4) is 0 Å². The number of hydrogen-bond donors (Lipinski definition) is 1. The van der Waals surface area contributed by atoms with Crippen molar-refractivity contribution in [1.29, 1.82) is 0 Å². The first-order valence-electron chi connectivity index (χ1n) is 24.1. The summed E-state index contributed by atoms with van der Waals surface area (Å²) in [5.74, 6) is 0. The van der Waals surface area contributed by atoms with E-state index in [2.05, 4.69) is 285 Å². The fourth-order valence-corrected chi connectivity index (χ4v) is 22.5. The monoisotopic (exact) mass is 951 g/mol. The van der Waals surface area contributed by atoms with Gasteiger partial charge < -0.3 is 8.39 Å². The van der Waals surface area contributed by atoms with E-state index in [0.29, 0.717) is 0 Å². The molecule has 11 aromatic carbocycles. The smallest absolute Gasteiger partial charge is 0.307 e. The summed E-state index contributed by atoms with van der Waals surface area (Å²) < 4.78 is 15.9. The van der Waals surface area contributed by atoms with Gasteiger partial charge in [-0.2, -0.15) is 0 Å². The maximum absolute atomic E-state index is 7.96. The van der Waals surface area contributed by atoms with Crippen LogP contribution in [0.4, 0.5) is 0 Å². The molecule has 3 nitrogen and oxygen atoms in total. The van der Waals surface area contributed by atoms with Gasteiger partial charge in [0.1, 0.15) is 11.2 Å². The molecule has 0 unspecified atom stereocenters. The summed E-state index contributed by atoms with van der Waals surface area (Å²) in [4.78, 5) is 0. The Kier molecular flexibility index (Phi) is 11.6. The van der Waals surface area contributed by atoms with Crippen molar-refractivity contribution in [3.63, 3.8) is 0 Å². The van der Waals surface area contributed by atoms with Gasteiger partial charge >= 0.3 is 8.16 Å². The van der Waals surface area contributed by atoms with Gasteiger partial charge in [-0.25, -0.2) is 5.09 Å². The molecular formula is C64H50NO2PSi2. The molecule has 0 saturated carbocycles. The molecule has 6 heteroatoms. The molecule has 1 N–H and O–H groups in total. The van der Waals surface area contributed by atoms with Gasteiger partial charge in [-0.1, -0.05) is 273 Å².